The highest BCUT2D eigenvalue weighted by Gasteiger charge is 2.41. The fourth-order valence-corrected chi connectivity index (χ4v) is 11.7. The Labute approximate surface area is 610 Å². The third-order valence-corrected chi connectivity index (χ3v) is 17.0. The van der Waals surface area contributed by atoms with Gasteiger partial charge in [0.1, 0.15) is 68.9 Å². The van der Waals surface area contributed by atoms with Crippen molar-refractivity contribution in [2.24, 2.45) is 11.8 Å². The maximum atomic E-state index is 13.9. The lowest BCUT2D eigenvalue weighted by Crippen LogP contribution is -2.38. The lowest BCUT2D eigenvalue weighted by Gasteiger charge is -2.23. The lowest BCUT2D eigenvalue weighted by atomic mass is 10.0. The van der Waals surface area contributed by atoms with Gasteiger partial charge in [0.15, 0.2) is 47.8 Å². The van der Waals surface area contributed by atoms with Crippen LogP contribution < -0.4 is 43.1 Å². The summed E-state index contributed by atoms with van der Waals surface area (Å²) in [7, 11) is 0. The minimum Gasteiger partial charge on any atom is -0.619 e. The van der Waals surface area contributed by atoms with Crippen LogP contribution in [0.2, 0.25) is 20.1 Å². The number of aliphatic carboxylic acids is 1. The average Bonchev–Trinajstić information content (AvgIpc) is 1.66. The molecule has 5 aliphatic rings. The number of amides is 3. The molecule has 554 valence electrons. The number of benzene rings is 5. The summed E-state index contributed by atoms with van der Waals surface area (Å²) in [6.45, 7) is -2.19. The first-order valence-electron chi connectivity index (χ1n) is 31.4. The quantitative estimate of drug-likeness (QED) is 0.0198. The van der Waals surface area contributed by atoms with E-state index in [2.05, 4.69) is 9.47 Å². The molecule has 0 unspecified atom stereocenters. The number of Topliss-reactive ketones (excluding diaryl/α,β-unsaturated/α-hetero) is 3. The number of fused-ring (bicyclic) bond motifs is 3. The molecule has 0 bridgehead atoms. The lowest BCUT2D eigenvalue weighted by molar-refractivity contribution is -0.605. The number of carbonyl (C=O) groups is 9. The second-order valence-corrected chi connectivity index (χ2v) is 26.4. The number of rotatable bonds is 23. The van der Waals surface area contributed by atoms with E-state index in [0.29, 0.717) is 33.1 Å². The van der Waals surface area contributed by atoms with Crippen molar-refractivity contribution in [1.29, 1.82) is 0 Å². The molecule has 2 aromatic heterocycles. The number of aromatic nitrogens is 2. The molecule has 105 heavy (non-hydrogen) atoms. The van der Waals surface area contributed by atoms with E-state index in [9.17, 15) is 89.4 Å². The molecular formula is C70H58Cl4F7N5O19. The maximum Gasteiger partial charge on any atom is 0.387 e. The molecule has 3 amide bonds. The van der Waals surface area contributed by atoms with Gasteiger partial charge in [-0.25, -0.2) is 13.2 Å². The molecule has 2 saturated carbocycles. The van der Waals surface area contributed by atoms with E-state index in [1.54, 1.807) is 20.8 Å². The molecule has 2 N–H and O–H groups in total. The molecular weight excluding hydrogens is 1490 g/mol. The van der Waals surface area contributed by atoms with Crippen molar-refractivity contribution in [3.8, 4) is 23.0 Å². The van der Waals surface area contributed by atoms with Gasteiger partial charge in [0.2, 0.25) is 0 Å². The van der Waals surface area contributed by atoms with Crippen molar-refractivity contribution in [2.45, 2.75) is 90.3 Å². The van der Waals surface area contributed by atoms with Crippen molar-refractivity contribution >= 4 is 116 Å². The molecule has 35 heteroatoms. The van der Waals surface area contributed by atoms with Gasteiger partial charge in [0.05, 0.1) is 53.1 Å². The van der Waals surface area contributed by atoms with Crippen LogP contribution in [0.15, 0.2) is 116 Å². The number of halogens is 11. The van der Waals surface area contributed by atoms with Crippen molar-refractivity contribution in [1.82, 2.24) is 0 Å². The van der Waals surface area contributed by atoms with Crippen LogP contribution in [0.25, 0.3) is 0 Å². The molecule has 3 aliphatic heterocycles. The molecule has 5 aromatic carbocycles. The SMILES string of the molecule is CC(C)(C)OC(=O)CN1C(=O)C(=O)c2ccc(F)cc21.O=C(CN1C(=O)C(=O)c2ccc(F)cc21)O[C@@H](Cc1c(Cl)c[n+]([O-])cc1Cl)c1ccc(OC(F)F)c(OCC2CC2)c1.O=C(O)CN1C(=O)C(=O)c2ccc(F)cc21.[O-][n+]1cc(Cl)c(C[C@H](O)c2ccc(OC(F)F)c(OCC3CC3)c2)c(Cl)c1. The topological polar surface area (TPSA) is 313 Å². The Morgan fingerprint density at radius 2 is 0.886 bits per heavy atom. The van der Waals surface area contributed by atoms with Gasteiger partial charge in [-0.05, 0) is 148 Å². The number of aliphatic hydroxyl groups is 1. The smallest absolute Gasteiger partial charge is 0.387 e. The molecule has 7 aromatic rings. The Bertz CT molecular complexity index is 4540. The number of alkyl halides is 4. The number of nitrogens with zero attached hydrogens (tertiary/aromatic N) is 5. The summed E-state index contributed by atoms with van der Waals surface area (Å²) >= 11 is 24.6. The number of carboxylic acids is 1. The first-order valence-corrected chi connectivity index (χ1v) is 32.9. The van der Waals surface area contributed by atoms with Crippen LogP contribution in [-0.4, -0.2) is 115 Å². The molecule has 0 saturated heterocycles. The van der Waals surface area contributed by atoms with Crippen molar-refractivity contribution in [3.63, 3.8) is 0 Å². The first-order chi connectivity index (χ1) is 49.5. The summed E-state index contributed by atoms with van der Waals surface area (Å²) in [6, 6.07) is 17.9. The normalized spacial score (nSPS) is 14.8. The number of hydrogen-bond acceptors (Lipinski definition) is 18. The number of anilines is 3. The monoisotopic (exact) mass is 1550 g/mol. The third-order valence-electron chi connectivity index (χ3n) is 15.7. The molecule has 0 spiro atoms. The highest BCUT2D eigenvalue weighted by molar-refractivity contribution is 6.54. The van der Waals surface area contributed by atoms with Gasteiger partial charge in [-0.15, -0.1) is 0 Å². The van der Waals surface area contributed by atoms with Crippen molar-refractivity contribution in [3.05, 3.63) is 203 Å². The van der Waals surface area contributed by atoms with E-state index >= 15 is 0 Å². The number of ketones is 3. The Morgan fingerprint density at radius 3 is 1.26 bits per heavy atom. The van der Waals surface area contributed by atoms with E-state index in [1.165, 1.54) is 48.5 Å². The Hall–Kier alpha value is -10.3. The molecule has 5 heterocycles. The van der Waals surface area contributed by atoms with E-state index in [0.717, 1.165) is 108 Å². The molecule has 2 aliphatic carbocycles. The molecule has 2 atom stereocenters. The Morgan fingerprint density at radius 1 is 0.524 bits per heavy atom. The summed E-state index contributed by atoms with van der Waals surface area (Å²) < 4.78 is 123. The van der Waals surface area contributed by atoms with Gasteiger partial charge in [-0.2, -0.15) is 27.0 Å². The zero-order valence-electron chi connectivity index (χ0n) is 54.9. The van der Waals surface area contributed by atoms with Crippen LogP contribution in [0.1, 0.15) is 112 Å². The van der Waals surface area contributed by atoms with Gasteiger partial charge in [0.25, 0.3) is 35.1 Å². The zero-order valence-corrected chi connectivity index (χ0v) is 58.0. The number of esters is 2. The van der Waals surface area contributed by atoms with Gasteiger partial charge in [-0.1, -0.05) is 58.5 Å². The molecule has 12 rings (SSSR count). The molecule has 0 radical (unpaired) electrons. The summed E-state index contributed by atoms with van der Waals surface area (Å²) in [6.07, 6.45) is 5.94. The van der Waals surface area contributed by atoms with E-state index in [-0.39, 0.29) is 113 Å². The second kappa shape index (κ2) is 33.6. The third kappa shape index (κ3) is 20.6. The van der Waals surface area contributed by atoms with Gasteiger partial charge in [-0.3, -0.25) is 57.9 Å². The van der Waals surface area contributed by atoms with Crippen LogP contribution >= 0.6 is 46.4 Å². The van der Waals surface area contributed by atoms with Crippen LogP contribution in [0.4, 0.5) is 47.8 Å². The van der Waals surface area contributed by atoms with Crippen molar-refractivity contribution < 1.29 is 122 Å². The number of pyridine rings is 2. The largest absolute Gasteiger partial charge is 0.619 e. The summed E-state index contributed by atoms with van der Waals surface area (Å²) in [5.74, 6) is -9.66. The highest BCUT2D eigenvalue weighted by Crippen LogP contribution is 2.41. The van der Waals surface area contributed by atoms with E-state index in [1.807, 2.05) is 0 Å². The fourth-order valence-electron chi connectivity index (χ4n) is 10.5. The van der Waals surface area contributed by atoms with E-state index in [4.69, 9.17) is 70.5 Å². The standard InChI is InChI=1S/C28H21Cl2F3N2O7.C18H17Cl2F2NO4.C14H14FNO4.C10H6FNO4/c29-19-10-34(39)11-20(30)18(19)9-23(15-3-6-22(42-28(32)33)24(7-15)40-13-14-1-2-14)41-25(36)12-35-21-8-16(31)4-5-17(21)26(37)27(35)38;19-13-7-23(25)8-14(20)12(13)6-15(24)11-3-4-16(27-18(21)22)17(5-11)26-9-10-1-2-10;1-14(2,3)20-11(17)7-16-10-6-8(15)4-5-9(10)12(18)13(16)19;11-5-1-2-6-7(3-5)12(4-8(13)14)10(16)9(6)15/h3-8,10-11,14,23,28H,1-2,9,12-13H2;3-5,7-8,10,15,18,24H,1-2,6,9H2;4-6H,7H2,1-3H3;1-3H,4H2,(H,13,14)/t23-;15-;;/m00../s1. The number of hydrogen-bond donors (Lipinski definition) is 2. The number of carbonyl (C=O) groups excluding carboxylic acids is 8. The van der Waals surface area contributed by atoms with Crippen LogP contribution in [0, 0.1) is 39.7 Å². The second-order valence-electron chi connectivity index (χ2n) is 24.8. The summed E-state index contributed by atoms with van der Waals surface area (Å²) in [5, 5.41) is 42.4. The Balaban J connectivity index is 0.000000174. The zero-order chi connectivity index (χ0) is 76.6. The van der Waals surface area contributed by atoms with Crippen LogP contribution in [0.3, 0.4) is 0 Å². The van der Waals surface area contributed by atoms with Gasteiger partial charge >= 0.3 is 31.1 Å². The highest BCUT2D eigenvalue weighted by atomic mass is 35.5. The average molecular weight is 1550 g/mol. The summed E-state index contributed by atoms with van der Waals surface area (Å²) in [5.41, 5.74) is 0.724. The molecule has 2 fully saturated rings. The predicted molar refractivity (Wildman–Crippen MR) is 357 cm³/mol. The van der Waals surface area contributed by atoms with Crippen molar-refractivity contribution in [2.75, 3.05) is 47.5 Å². The van der Waals surface area contributed by atoms with E-state index < -0.39 is 121 Å². The van der Waals surface area contributed by atoms with Gasteiger partial charge in [0, 0.05) is 24.0 Å². The Kier molecular flexibility index (Phi) is 25.2. The minimum atomic E-state index is -3.12. The fraction of sp³-hybridized carbons (Fsp3) is 0.300. The minimum absolute atomic E-state index is 0.0115. The summed E-state index contributed by atoms with van der Waals surface area (Å²) in [4.78, 5) is 109. The number of ether oxygens (including phenoxy) is 6. The van der Waals surface area contributed by atoms with Crippen LogP contribution in [-0.2, 0) is 51.1 Å². The predicted octanol–water partition coefficient (Wildman–Crippen LogP) is 11.6. The molecule has 24 nitrogen and oxygen atoms in total. The van der Waals surface area contributed by atoms with Gasteiger partial charge < -0.3 is 49.0 Å². The van der Waals surface area contributed by atoms with Crippen LogP contribution in [0.5, 0.6) is 23.0 Å². The maximum absolute atomic E-state index is 13.9. The number of aliphatic hydroxyl groups excluding tert-OH is 1. The number of carboxylic acid groups (broad SMARTS) is 1. The first kappa shape index (κ1) is 78.8.